The molecule has 0 bridgehead atoms. The fourth-order valence-corrected chi connectivity index (χ4v) is 5.26. The lowest BCUT2D eigenvalue weighted by atomic mass is 9.91. The quantitative estimate of drug-likeness (QED) is 0.349. The Morgan fingerprint density at radius 1 is 1.13 bits per heavy atom. The Morgan fingerprint density at radius 3 is 2.42 bits per heavy atom. The van der Waals surface area contributed by atoms with Crippen LogP contribution in [0.1, 0.15) is 49.5 Å². The Bertz CT molecular complexity index is 1650. The number of anilines is 1. The van der Waals surface area contributed by atoms with E-state index in [2.05, 4.69) is 25.4 Å². The van der Waals surface area contributed by atoms with Gasteiger partial charge in [0, 0.05) is 24.2 Å². The van der Waals surface area contributed by atoms with E-state index in [0.29, 0.717) is 22.4 Å². The molecule has 0 spiro atoms. The lowest BCUT2D eigenvalue weighted by molar-refractivity contribution is -0.170. The molecular weight excluding hydrogens is 521 g/mol. The van der Waals surface area contributed by atoms with Gasteiger partial charge in [0.2, 0.25) is 9.84 Å². The molecule has 1 atom stereocenters. The van der Waals surface area contributed by atoms with E-state index in [9.17, 15) is 22.3 Å². The van der Waals surface area contributed by atoms with Gasteiger partial charge in [-0.05, 0) is 46.8 Å². The molecule has 4 rings (SSSR count). The van der Waals surface area contributed by atoms with Crippen molar-refractivity contribution in [2.75, 3.05) is 5.32 Å². The normalized spacial score (nSPS) is 13.6. The minimum Gasteiger partial charge on any atom is -0.384 e. The Balaban J connectivity index is 1.81. The Labute approximate surface area is 217 Å². The summed E-state index contributed by atoms with van der Waals surface area (Å²) in [4.78, 5) is 13.0. The maximum absolute atomic E-state index is 15.4. The highest BCUT2D eigenvalue weighted by molar-refractivity contribution is 7.91. The Hall–Kier alpha value is -3.58. The number of nitrogens with zero attached hydrogens (tertiary/aromatic N) is 5. The average molecular weight is 549 g/mol. The van der Waals surface area contributed by atoms with Crippen LogP contribution in [-0.2, 0) is 22.8 Å². The zero-order chi connectivity index (χ0) is 28.2. The zero-order valence-corrected chi connectivity index (χ0v) is 22.4. The minimum absolute atomic E-state index is 0.0474. The van der Waals surface area contributed by atoms with Gasteiger partial charge >= 0.3 is 5.92 Å². The fraction of sp³-hybridized carbons (Fsp3) is 0.360. The van der Waals surface area contributed by atoms with Crippen LogP contribution in [0.25, 0.3) is 10.9 Å². The first-order chi connectivity index (χ1) is 17.5. The minimum atomic E-state index is -4.03. The second-order valence-corrected chi connectivity index (χ2v) is 11.5. The monoisotopic (exact) mass is 548 g/mol. The Kier molecular flexibility index (Phi) is 6.73. The SMILES string of the molecule is Cc1nc(N[C@H](C)c2cccc(C(F)(F)C(C)(C)O)c2F)c2cc(S(=O)(=O)c3cnn(C)c3)nc(C)c2n1. The van der Waals surface area contributed by atoms with Gasteiger partial charge < -0.3 is 10.4 Å². The molecular formula is C25H27F3N6O3S. The second-order valence-electron chi connectivity index (χ2n) is 9.62. The van der Waals surface area contributed by atoms with E-state index >= 15 is 4.39 Å². The highest BCUT2D eigenvalue weighted by atomic mass is 32.2. The third kappa shape index (κ3) is 4.71. The molecule has 202 valence electrons. The third-order valence-electron chi connectivity index (χ3n) is 6.17. The first-order valence-corrected chi connectivity index (χ1v) is 13.1. The molecule has 0 saturated heterocycles. The summed E-state index contributed by atoms with van der Waals surface area (Å²) in [6.45, 7) is 6.59. The van der Waals surface area contributed by atoms with Crippen LogP contribution in [0.2, 0.25) is 0 Å². The Morgan fingerprint density at radius 2 is 1.82 bits per heavy atom. The van der Waals surface area contributed by atoms with Crippen molar-refractivity contribution in [2.24, 2.45) is 7.05 Å². The number of nitrogens with one attached hydrogen (secondary N) is 1. The van der Waals surface area contributed by atoms with Crippen molar-refractivity contribution < 1.29 is 26.7 Å². The molecule has 3 heterocycles. The van der Waals surface area contributed by atoms with Crippen LogP contribution >= 0.6 is 0 Å². The smallest absolute Gasteiger partial charge is 0.303 e. The summed E-state index contributed by atoms with van der Waals surface area (Å²) in [5.74, 6) is -4.52. The van der Waals surface area contributed by atoms with Gasteiger partial charge in [0.05, 0.1) is 29.0 Å². The number of fused-ring (bicyclic) bond motifs is 1. The van der Waals surface area contributed by atoms with Crippen molar-refractivity contribution in [3.05, 3.63) is 65.1 Å². The average Bonchev–Trinajstić information content (AvgIpc) is 3.26. The number of rotatable bonds is 7. The van der Waals surface area contributed by atoms with E-state index in [-0.39, 0.29) is 21.3 Å². The number of benzene rings is 1. The second kappa shape index (κ2) is 9.31. The number of aryl methyl sites for hydroxylation is 3. The molecule has 9 nitrogen and oxygen atoms in total. The van der Waals surface area contributed by atoms with Crippen molar-refractivity contribution in [1.29, 1.82) is 0 Å². The molecule has 38 heavy (non-hydrogen) atoms. The van der Waals surface area contributed by atoms with Gasteiger partial charge in [-0.25, -0.2) is 27.8 Å². The van der Waals surface area contributed by atoms with E-state index < -0.39 is 38.8 Å². The number of alkyl halides is 2. The van der Waals surface area contributed by atoms with E-state index in [1.165, 1.54) is 35.3 Å². The van der Waals surface area contributed by atoms with Crippen LogP contribution in [0.3, 0.4) is 0 Å². The molecule has 3 aromatic heterocycles. The number of sulfone groups is 1. The maximum Gasteiger partial charge on any atom is 0.303 e. The summed E-state index contributed by atoms with van der Waals surface area (Å²) in [6, 6.07) is 3.99. The molecule has 0 aliphatic heterocycles. The van der Waals surface area contributed by atoms with Crippen molar-refractivity contribution >= 4 is 26.6 Å². The number of pyridine rings is 1. The van der Waals surface area contributed by atoms with Crippen LogP contribution in [0, 0.1) is 19.7 Å². The van der Waals surface area contributed by atoms with Gasteiger partial charge in [0.15, 0.2) is 5.03 Å². The van der Waals surface area contributed by atoms with Gasteiger partial charge in [-0.3, -0.25) is 4.68 Å². The van der Waals surface area contributed by atoms with Gasteiger partial charge in [-0.1, -0.05) is 12.1 Å². The zero-order valence-electron chi connectivity index (χ0n) is 21.6. The van der Waals surface area contributed by atoms with Crippen LogP contribution < -0.4 is 5.32 Å². The van der Waals surface area contributed by atoms with E-state index in [0.717, 1.165) is 19.9 Å². The van der Waals surface area contributed by atoms with Crippen LogP contribution in [0.4, 0.5) is 19.0 Å². The molecule has 0 radical (unpaired) electrons. The fourth-order valence-electron chi connectivity index (χ4n) is 4.01. The first-order valence-electron chi connectivity index (χ1n) is 11.6. The number of hydrogen-bond acceptors (Lipinski definition) is 8. The highest BCUT2D eigenvalue weighted by Gasteiger charge is 2.49. The summed E-state index contributed by atoms with van der Waals surface area (Å²) >= 11 is 0. The third-order valence-corrected chi connectivity index (χ3v) is 7.76. The van der Waals surface area contributed by atoms with Crippen molar-refractivity contribution in [3.63, 3.8) is 0 Å². The lowest BCUT2D eigenvalue weighted by Crippen LogP contribution is -2.41. The topological polar surface area (TPSA) is 123 Å². The van der Waals surface area contributed by atoms with Crippen molar-refractivity contribution in [2.45, 2.75) is 62.1 Å². The molecule has 0 saturated carbocycles. The summed E-state index contributed by atoms with van der Waals surface area (Å²) in [7, 11) is -2.44. The van der Waals surface area contributed by atoms with Crippen LogP contribution in [0.5, 0.6) is 0 Å². The molecule has 4 aromatic rings. The largest absolute Gasteiger partial charge is 0.384 e. The number of hydrogen-bond donors (Lipinski definition) is 2. The number of aromatic nitrogens is 5. The van der Waals surface area contributed by atoms with Gasteiger partial charge in [0.25, 0.3) is 0 Å². The summed E-state index contributed by atoms with van der Waals surface area (Å²) in [5, 5.41) is 16.9. The molecule has 0 aliphatic rings. The maximum atomic E-state index is 15.4. The molecule has 1 aromatic carbocycles. The van der Waals surface area contributed by atoms with Crippen LogP contribution in [-0.4, -0.2) is 43.9 Å². The van der Waals surface area contributed by atoms with Gasteiger partial charge in [0.1, 0.15) is 28.0 Å². The predicted molar refractivity (Wildman–Crippen MR) is 134 cm³/mol. The van der Waals surface area contributed by atoms with E-state index in [1.807, 2.05) is 0 Å². The molecule has 0 aliphatic carbocycles. The van der Waals surface area contributed by atoms with Gasteiger partial charge in [-0.15, -0.1) is 0 Å². The van der Waals surface area contributed by atoms with Gasteiger partial charge in [-0.2, -0.15) is 13.9 Å². The van der Waals surface area contributed by atoms with Crippen molar-refractivity contribution in [3.8, 4) is 0 Å². The molecule has 0 unspecified atom stereocenters. The summed E-state index contributed by atoms with van der Waals surface area (Å²) < 4.78 is 72.7. The van der Waals surface area contributed by atoms with Crippen molar-refractivity contribution in [1.82, 2.24) is 24.7 Å². The predicted octanol–water partition coefficient (Wildman–Crippen LogP) is 4.38. The molecule has 13 heteroatoms. The van der Waals surface area contributed by atoms with E-state index in [1.54, 1.807) is 27.8 Å². The summed E-state index contributed by atoms with van der Waals surface area (Å²) in [5.41, 5.74) is -2.83. The highest BCUT2D eigenvalue weighted by Crippen LogP contribution is 2.41. The first kappa shape index (κ1) is 27.5. The lowest BCUT2D eigenvalue weighted by Gasteiger charge is -2.30. The molecule has 2 N–H and O–H groups in total. The number of aliphatic hydroxyl groups is 1. The van der Waals surface area contributed by atoms with Crippen LogP contribution in [0.15, 0.2) is 46.6 Å². The standard InChI is InChI=1S/C25H27F3N6O3S/c1-13(17-8-7-9-19(21(17)26)25(27,28)24(4,5)35)31-23-18-10-20(30-14(2)22(18)32-15(3)33-23)38(36,37)16-11-29-34(6)12-16/h7-13,35H,1-6H3,(H,31,32,33)/t13-/m1/s1. The summed E-state index contributed by atoms with van der Waals surface area (Å²) in [6.07, 6.45) is 2.56. The number of halogens is 3. The molecule has 0 fully saturated rings. The van der Waals surface area contributed by atoms with E-state index in [4.69, 9.17) is 0 Å². The molecule has 0 amide bonds.